The lowest BCUT2D eigenvalue weighted by Crippen LogP contribution is -2.40. The smallest absolute Gasteiger partial charge is 0.243 e. The van der Waals surface area contributed by atoms with Crippen LogP contribution in [0.4, 0.5) is 4.39 Å². The first-order chi connectivity index (χ1) is 9.44. The molecule has 112 valence electrons. The number of nitrogens with zero attached hydrogens (tertiary/aromatic N) is 1. The van der Waals surface area contributed by atoms with Crippen LogP contribution in [0, 0.1) is 5.82 Å². The van der Waals surface area contributed by atoms with E-state index in [0.29, 0.717) is 11.0 Å². The Morgan fingerprint density at radius 1 is 1.50 bits per heavy atom. The van der Waals surface area contributed by atoms with E-state index in [4.69, 9.17) is 0 Å². The second kappa shape index (κ2) is 6.51. The Morgan fingerprint density at radius 2 is 2.25 bits per heavy atom. The van der Waals surface area contributed by atoms with Crippen LogP contribution in [0.1, 0.15) is 19.8 Å². The molecule has 1 heterocycles. The third-order valence-corrected chi connectivity index (χ3v) is 5.55. The van der Waals surface area contributed by atoms with Gasteiger partial charge in [-0.2, -0.15) is 0 Å². The highest BCUT2D eigenvalue weighted by molar-refractivity contribution is 9.10. The Bertz CT molecular complexity index is 580. The Kier molecular flexibility index (Phi) is 5.17. The van der Waals surface area contributed by atoms with Crippen LogP contribution in [-0.4, -0.2) is 39.0 Å². The predicted molar refractivity (Wildman–Crippen MR) is 79.6 cm³/mol. The van der Waals surface area contributed by atoms with Gasteiger partial charge in [0.1, 0.15) is 10.7 Å². The Hall–Kier alpha value is -0.500. The van der Waals surface area contributed by atoms with Gasteiger partial charge in [0.15, 0.2) is 0 Å². The predicted octanol–water partition coefficient (Wildman–Crippen LogP) is 2.35. The highest BCUT2D eigenvalue weighted by Gasteiger charge is 2.26. The van der Waals surface area contributed by atoms with Crippen LogP contribution >= 0.6 is 15.9 Å². The summed E-state index contributed by atoms with van der Waals surface area (Å²) < 4.78 is 41.0. The molecule has 2 rings (SSSR count). The SMILES string of the molecule is CCN1CCCC1CNS(=O)(=O)c1ccc(Br)cc1F. The molecule has 1 fully saturated rings. The van der Waals surface area contributed by atoms with Crippen molar-refractivity contribution in [3.8, 4) is 0 Å². The highest BCUT2D eigenvalue weighted by Crippen LogP contribution is 2.20. The molecule has 0 spiro atoms. The summed E-state index contributed by atoms with van der Waals surface area (Å²) in [5, 5.41) is 0. The minimum atomic E-state index is -3.80. The lowest BCUT2D eigenvalue weighted by Gasteiger charge is -2.22. The van der Waals surface area contributed by atoms with Gasteiger partial charge in [0.25, 0.3) is 0 Å². The van der Waals surface area contributed by atoms with E-state index in [0.717, 1.165) is 32.0 Å². The molecule has 0 aliphatic carbocycles. The summed E-state index contributed by atoms with van der Waals surface area (Å²) in [6.07, 6.45) is 2.05. The Balaban J connectivity index is 2.07. The number of halogens is 2. The van der Waals surface area contributed by atoms with Gasteiger partial charge in [0.2, 0.25) is 10.0 Å². The van der Waals surface area contributed by atoms with Crippen LogP contribution in [-0.2, 0) is 10.0 Å². The van der Waals surface area contributed by atoms with Crippen molar-refractivity contribution in [1.29, 1.82) is 0 Å². The number of hydrogen-bond acceptors (Lipinski definition) is 3. The maximum atomic E-state index is 13.7. The summed E-state index contributed by atoms with van der Waals surface area (Å²) in [7, 11) is -3.80. The fourth-order valence-corrected chi connectivity index (χ4v) is 3.98. The van der Waals surface area contributed by atoms with E-state index in [2.05, 4.69) is 32.5 Å². The molecule has 1 N–H and O–H groups in total. The van der Waals surface area contributed by atoms with E-state index in [1.54, 1.807) is 0 Å². The molecule has 0 amide bonds. The molecule has 1 aliphatic heterocycles. The molecule has 0 saturated carbocycles. The van der Waals surface area contributed by atoms with Gasteiger partial charge in [-0.1, -0.05) is 22.9 Å². The number of likely N-dealkylation sites (tertiary alicyclic amines) is 1. The van der Waals surface area contributed by atoms with Gasteiger partial charge in [-0.25, -0.2) is 17.5 Å². The lowest BCUT2D eigenvalue weighted by molar-refractivity contribution is 0.268. The zero-order valence-electron chi connectivity index (χ0n) is 11.3. The molecule has 1 atom stereocenters. The number of sulfonamides is 1. The zero-order chi connectivity index (χ0) is 14.8. The molecule has 0 radical (unpaired) electrons. The fourth-order valence-electron chi connectivity index (χ4n) is 2.52. The second-order valence-electron chi connectivity index (χ2n) is 4.85. The maximum Gasteiger partial charge on any atom is 0.243 e. The third-order valence-electron chi connectivity index (χ3n) is 3.60. The summed E-state index contributed by atoms with van der Waals surface area (Å²) >= 11 is 3.11. The normalized spacial score (nSPS) is 20.4. The molecule has 1 aliphatic rings. The van der Waals surface area contributed by atoms with Crippen LogP contribution in [0.2, 0.25) is 0 Å². The quantitative estimate of drug-likeness (QED) is 0.872. The minimum Gasteiger partial charge on any atom is -0.299 e. The Labute approximate surface area is 127 Å². The monoisotopic (exact) mass is 364 g/mol. The second-order valence-corrected chi connectivity index (χ2v) is 7.50. The van der Waals surface area contributed by atoms with Crippen LogP contribution in [0.3, 0.4) is 0 Å². The van der Waals surface area contributed by atoms with Crippen molar-refractivity contribution in [3.63, 3.8) is 0 Å². The maximum absolute atomic E-state index is 13.7. The summed E-state index contributed by atoms with van der Waals surface area (Å²) in [4.78, 5) is 1.93. The molecule has 7 heteroatoms. The largest absolute Gasteiger partial charge is 0.299 e. The average Bonchev–Trinajstić information content (AvgIpc) is 2.83. The molecule has 1 saturated heterocycles. The van der Waals surface area contributed by atoms with Gasteiger partial charge >= 0.3 is 0 Å². The summed E-state index contributed by atoms with van der Waals surface area (Å²) in [5.41, 5.74) is 0. The van der Waals surface area contributed by atoms with Crippen LogP contribution in [0.5, 0.6) is 0 Å². The van der Waals surface area contributed by atoms with Crippen molar-refractivity contribution < 1.29 is 12.8 Å². The fraction of sp³-hybridized carbons (Fsp3) is 0.538. The third kappa shape index (κ3) is 3.58. The van der Waals surface area contributed by atoms with E-state index in [1.165, 1.54) is 12.1 Å². The lowest BCUT2D eigenvalue weighted by atomic mass is 10.2. The zero-order valence-corrected chi connectivity index (χ0v) is 13.7. The number of hydrogen-bond donors (Lipinski definition) is 1. The Morgan fingerprint density at radius 3 is 2.90 bits per heavy atom. The average molecular weight is 365 g/mol. The van der Waals surface area contributed by atoms with Crippen LogP contribution in [0.25, 0.3) is 0 Å². The van der Waals surface area contributed by atoms with Gasteiger partial charge in [0.05, 0.1) is 0 Å². The van der Waals surface area contributed by atoms with Crippen molar-refractivity contribution >= 4 is 26.0 Å². The van der Waals surface area contributed by atoms with E-state index in [9.17, 15) is 12.8 Å². The molecular weight excluding hydrogens is 347 g/mol. The van der Waals surface area contributed by atoms with Crippen LogP contribution in [0.15, 0.2) is 27.6 Å². The van der Waals surface area contributed by atoms with Crippen molar-refractivity contribution in [3.05, 3.63) is 28.5 Å². The molecule has 1 aromatic carbocycles. The standard InChI is InChI=1S/C13H18BrFN2O2S/c1-2-17-7-3-4-11(17)9-16-20(18,19)13-6-5-10(14)8-12(13)15/h5-6,8,11,16H,2-4,7,9H2,1H3. The molecule has 1 aromatic rings. The first kappa shape index (κ1) is 15.9. The summed E-state index contributed by atoms with van der Waals surface area (Å²) in [6, 6.07) is 4.15. The molecule has 0 aromatic heterocycles. The molecule has 4 nitrogen and oxygen atoms in total. The summed E-state index contributed by atoms with van der Waals surface area (Å²) in [5.74, 6) is -0.745. The van der Waals surface area contributed by atoms with Crippen molar-refractivity contribution in [2.45, 2.75) is 30.7 Å². The van der Waals surface area contributed by atoms with Gasteiger partial charge < -0.3 is 0 Å². The first-order valence-electron chi connectivity index (χ1n) is 6.63. The molecule has 1 unspecified atom stereocenters. The van der Waals surface area contributed by atoms with E-state index < -0.39 is 15.8 Å². The number of nitrogens with one attached hydrogen (secondary N) is 1. The molecular formula is C13H18BrFN2O2S. The summed E-state index contributed by atoms with van der Waals surface area (Å²) in [6.45, 7) is 4.28. The number of benzene rings is 1. The van der Waals surface area contributed by atoms with Crippen molar-refractivity contribution in [2.75, 3.05) is 19.6 Å². The van der Waals surface area contributed by atoms with Gasteiger partial charge in [-0.05, 0) is 44.1 Å². The topological polar surface area (TPSA) is 49.4 Å². The number of likely N-dealkylation sites (N-methyl/N-ethyl adjacent to an activating group) is 1. The van der Waals surface area contributed by atoms with E-state index in [1.807, 2.05) is 0 Å². The first-order valence-corrected chi connectivity index (χ1v) is 8.90. The highest BCUT2D eigenvalue weighted by atomic mass is 79.9. The van der Waals surface area contributed by atoms with E-state index in [-0.39, 0.29) is 10.9 Å². The van der Waals surface area contributed by atoms with Gasteiger partial charge in [-0.15, -0.1) is 0 Å². The minimum absolute atomic E-state index is 0.202. The van der Waals surface area contributed by atoms with Gasteiger partial charge in [0, 0.05) is 17.1 Å². The van der Waals surface area contributed by atoms with E-state index >= 15 is 0 Å². The molecule has 0 bridgehead atoms. The van der Waals surface area contributed by atoms with Gasteiger partial charge in [-0.3, -0.25) is 4.90 Å². The van der Waals surface area contributed by atoms with Crippen molar-refractivity contribution in [1.82, 2.24) is 9.62 Å². The van der Waals surface area contributed by atoms with Crippen LogP contribution < -0.4 is 4.72 Å². The number of rotatable bonds is 5. The molecule has 20 heavy (non-hydrogen) atoms. The van der Waals surface area contributed by atoms with Crippen molar-refractivity contribution in [2.24, 2.45) is 0 Å².